The fraction of sp³-hybridized carbons (Fsp3) is 0.125. The molecule has 80 heavy (non-hydrogen) atoms. The van der Waals surface area contributed by atoms with Gasteiger partial charge in [-0.1, -0.05) is 231 Å². The SMILES string of the molecule is C1=Cc2c(ccc3c2-c2ccccc2C3)C1.C1=Cc2c(ccc3c2Cc2ccccc2-3)C1.C1=Cc2cc3c(cc2C1)-c1ccccc1C3.C1=Cc2cc3c(cc2C1)Cc1ccccc1-3.C1=Cc2ccc3c(c2C1)-c1ccccc1C3. The Morgan fingerprint density at radius 1 is 0.200 bits per heavy atom. The second kappa shape index (κ2) is 19.4. The van der Waals surface area contributed by atoms with Gasteiger partial charge in [0.25, 0.3) is 0 Å². The van der Waals surface area contributed by atoms with Crippen molar-refractivity contribution in [1.82, 2.24) is 0 Å². The zero-order chi connectivity index (χ0) is 52.7. The van der Waals surface area contributed by atoms with Crippen molar-refractivity contribution in [2.45, 2.75) is 64.2 Å². The third kappa shape index (κ3) is 8.03. The summed E-state index contributed by atoms with van der Waals surface area (Å²) >= 11 is 0. The summed E-state index contributed by atoms with van der Waals surface area (Å²) in [5.41, 5.74) is 44.1. The molecule has 0 radical (unpaired) electrons. The molecule has 10 aliphatic carbocycles. The van der Waals surface area contributed by atoms with Crippen LogP contribution in [0.25, 0.3) is 86.0 Å². The van der Waals surface area contributed by atoms with E-state index in [1.54, 1.807) is 0 Å². The lowest BCUT2D eigenvalue weighted by atomic mass is 9.96. The van der Waals surface area contributed by atoms with E-state index in [9.17, 15) is 0 Å². The first-order valence-corrected chi connectivity index (χ1v) is 29.1. The Bertz CT molecular complexity index is 4390. The Hall–Kier alpha value is -9.10. The van der Waals surface area contributed by atoms with Gasteiger partial charge in [-0.05, 0) is 243 Å². The summed E-state index contributed by atoms with van der Waals surface area (Å²) in [4.78, 5) is 0. The van der Waals surface area contributed by atoms with Crippen LogP contribution in [-0.2, 0) is 64.2 Å². The highest BCUT2D eigenvalue weighted by molar-refractivity contribution is 5.88. The molecule has 0 N–H and O–H groups in total. The highest BCUT2D eigenvalue weighted by Gasteiger charge is 2.27. The molecule has 0 heterocycles. The minimum atomic E-state index is 1.10. The van der Waals surface area contributed by atoms with Gasteiger partial charge in [-0.3, -0.25) is 0 Å². The summed E-state index contributed by atoms with van der Waals surface area (Å²) in [5.74, 6) is 0. The van der Waals surface area contributed by atoms with Crippen LogP contribution in [0.4, 0.5) is 0 Å². The quantitative estimate of drug-likeness (QED) is 0.142. The molecule has 0 atom stereocenters. The Morgan fingerprint density at radius 3 is 1.31 bits per heavy atom. The smallest absolute Gasteiger partial charge is 0.000740 e. The zero-order valence-corrected chi connectivity index (χ0v) is 45.2. The van der Waals surface area contributed by atoms with Gasteiger partial charge in [-0.2, -0.15) is 0 Å². The van der Waals surface area contributed by atoms with Crippen molar-refractivity contribution in [1.29, 1.82) is 0 Å². The van der Waals surface area contributed by atoms with Crippen LogP contribution in [0.1, 0.15) is 111 Å². The third-order valence-corrected chi connectivity index (χ3v) is 18.6. The van der Waals surface area contributed by atoms with Gasteiger partial charge in [0, 0.05) is 0 Å². The van der Waals surface area contributed by atoms with Crippen molar-refractivity contribution in [2.24, 2.45) is 0 Å². The van der Waals surface area contributed by atoms with Crippen molar-refractivity contribution < 1.29 is 0 Å². The number of fused-ring (bicyclic) bond motifs is 23. The highest BCUT2D eigenvalue weighted by Crippen LogP contribution is 2.46. The maximum Gasteiger partial charge on any atom is -0.000740 e. The summed E-state index contributed by atoms with van der Waals surface area (Å²) in [6.45, 7) is 0. The Kier molecular flexibility index (Phi) is 11.4. The van der Waals surface area contributed by atoms with Crippen LogP contribution in [0, 0.1) is 0 Å². The molecule has 0 saturated carbocycles. The summed E-state index contributed by atoms with van der Waals surface area (Å²) in [6.07, 6.45) is 33.7. The maximum atomic E-state index is 2.39. The Balaban J connectivity index is 0.0000000830. The molecule has 0 aromatic heterocycles. The van der Waals surface area contributed by atoms with Gasteiger partial charge < -0.3 is 0 Å². The molecule has 0 spiro atoms. The van der Waals surface area contributed by atoms with Gasteiger partial charge >= 0.3 is 0 Å². The van der Waals surface area contributed by atoms with Gasteiger partial charge in [0.05, 0.1) is 0 Å². The fourth-order valence-corrected chi connectivity index (χ4v) is 14.7. The Morgan fingerprint density at radius 2 is 0.625 bits per heavy atom. The summed E-state index contributed by atoms with van der Waals surface area (Å²) in [6, 6.07) is 67.2. The van der Waals surface area contributed by atoms with Crippen molar-refractivity contribution in [2.75, 3.05) is 0 Å². The summed E-state index contributed by atoms with van der Waals surface area (Å²) < 4.78 is 0. The van der Waals surface area contributed by atoms with Gasteiger partial charge in [-0.15, -0.1) is 0 Å². The second-order valence-electron chi connectivity index (χ2n) is 23.1. The molecule has 0 bridgehead atoms. The molecule has 10 aromatic rings. The average molecular weight is 1020 g/mol. The molecule has 20 rings (SSSR count). The minimum Gasteiger partial charge on any atom is -0.0795 e. The van der Waals surface area contributed by atoms with E-state index in [1.807, 2.05) is 0 Å². The molecular weight excluding hydrogens is 961 g/mol. The number of hydrogen-bond acceptors (Lipinski definition) is 0. The molecule has 10 aliphatic rings. The summed E-state index contributed by atoms with van der Waals surface area (Å²) in [7, 11) is 0. The monoisotopic (exact) mass is 1020 g/mol. The van der Waals surface area contributed by atoms with Crippen LogP contribution < -0.4 is 0 Å². The van der Waals surface area contributed by atoms with E-state index in [-0.39, 0.29) is 0 Å². The predicted octanol–water partition coefficient (Wildman–Crippen LogP) is 19.1. The summed E-state index contributed by atoms with van der Waals surface area (Å²) in [5, 5.41) is 0. The van der Waals surface area contributed by atoms with Crippen molar-refractivity contribution >= 4 is 30.4 Å². The first kappa shape index (κ1) is 46.9. The number of benzene rings is 10. The number of allylic oxidation sites excluding steroid dienone is 5. The molecule has 0 heteroatoms. The number of hydrogen-bond donors (Lipinski definition) is 0. The van der Waals surface area contributed by atoms with Crippen LogP contribution >= 0.6 is 0 Å². The second-order valence-corrected chi connectivity index (χ2v) is 23.1. The molecule has 0 saturated heterocycles. The van der Waals surface area contributed by atoms with Crippen molar-refractivity contribution in [3.8, 4) is 55.6 Å². The van der Waals surface area contributed by atoms with Crippen molar-refractivity contribution in [3.05, 3.63) is 324 Å². The third-order valence-electron chi connectivity index (χ3n) is 18.6. The lowest BCUT2D eigenvalue weighted by Gasteiger charge is -2.08. The highest BCUT2D eigenvalue weighted by atomic mass is 14.3. The topological polar surface area (TPSA) is 0 Å². The van der Waals surface area contributed by atoms with Crippen molar-refractivity contribution in [3.63, 3.8) is 0 Å². The molecule has 380 valence electrons. The molecule has 0 unspecified atom stereocenters. The lowest BCUT2D eigenvalue weighted by Crippen LogP contribution is -1.89. The molecule has 10 aromatic carbocycles. The van der Waals surface area contributed by atoms with E-state index in [1.165, 1.54) is 167 Å². The normalized spacial score (nSPS) is 14.8. The van der Waals surface area contributed by atoms with E-state index in [2.05, 4.69) is 243 Å². The predicted molar refractivity (Wildman–Crippen MR) is 337 cm³/mol. The Labute approximate surface area is 471 Å². The fourth-order valence-electron chi connectivity index (χ4n) is 14.7. The van der Waals surface area contributed by atoms with E-state index >= 15 is 0 Å². The maximum absolute atomic E-state index is 2.39. The van der Waals surface area contributed by atoms with E-state index in [0.29, 0.717) is 0 Å². The largest absolute Gasteiger partial charge is 0.0795 e. The van der Waals surface area contributed by atoms with Crippen LogP contribution in [0.15, 0.2) is 212 Å². The van der Waals surface area contributed by atoms with E-state index in [0.717, 1.165) is 64.2 Å². The molecule has 0 nitrogen and oxygen atoms in total. The van der Waals surface area contributed by atoms with Crippen LogP contribution in [0.5, 0.6) is 0 Å². The van der Waals surface area contributed by atoms with E-state index < -0.39 is 0 Å². The molecule has 0 amide bonds. The lowest BCUT2D eigenvalue weighted by molar-refractivity contribution is 1.22. The first-order chi connectivity index (χ1) is 39.6. The molecule has 0 aliphatic heterocycles. The number of rotatable bonds is 0. The van der Waals surface area contributed by atoms with Crippen LogP contribution in [0.2, 0.25) is 0 Å². The van der Waals surface area contributed by atoms with E-state index in [4.69, 9.17) is 0 Å². The average Bonchev–Trinajstić information content (AvgIpc) is 4.45. The molecular formula is C80H60. The minimum absolute atomic E-state index is 1.10. The van der Waals surface area contributed by atoms with Gasteiger partial charge in [0.2, 0.25) is 0 Å². The van der Waals surface area contributed by atoms with Crippen LogP contribution in [-0.4, -0.2) is 0 Å². The first-order valence-electron chi connectivity index (χ1n) is 29.1. The van der Waals surface area contributed by atoms with Gasteiger partial charge in [0.1, 0.15) is 0 Å². The van der Waals surface area contributed by atoms with Gasteiger partial charge in [0.15, 0.2) is 0 Å². The van der Waals surface area contributed by atoms with Crippen LogP contribution in [0.3, 0.4) is 0 Å². The standard InChI is InChI=1S/5C16H12/c2*1-2-7-15-13(4-1)9-14-8-11-5-3-6-12(11)10-16(14)15;2*1-2-6-15-12(4-1)10-13-9-8-11-5-3-7-14(11)16(13)15;1-2-6-14-12(4-1)10-16-13-7-3-5-11(13)8-9-15(14)16/h1-4,6-8,10H,5,9H2;1-5,7-8,10H,6,9H2;1-4,6-9H,5,10H2;1-6,8-9H,7,10H2;1-4,6-9H,5,10H2. The van der Waals surface area contributed by atoms with Gasteiger partial charge in [-0.25, -0.2) is 0 Å². The molecule has 0 fully saturated rings. The zero-order valence-electron chi connectivity index (χ0n) is 45.2.